The molecule has 1 atom stereocenters. The summed E-state index contributed by atoms with van der Waals surface area (Å²) in [7, 11) is 0. The summed E-state index contributed by atoms with van der Waals surface area (Å²) >= 11 is 12.4. The van der Waals surface area contributed by atoms with E-state index in [0.29, 0.717) is 33.4 Å². The summed E-state index contributed by atoms with van der Waals surface area (Å²) in [4.78, 5) is 24.9. The second-order valence-corrected chi connectivity index (χ2v) is 9.28. The van der Waals surface area contributed by atoms with Gasteiger partial charge in [0.1, 0.15) is 6.04 Å². The normalized spacial score (nSPS) is 33.1. The highest BCUT2D eigenvalue weighted by Crippen LogP contribution is 2.60. The Morgan fingerprint density at radius 1 is 1.08 bits per heavy atom. The van der Waals surface area contributed by atoms with Crippen LogP contribution in [0, 0.1) is 23.2 Å². The van der Waals surface area contributed by atoms with E-state index in [1.807, 2.05) is 0 Å². The van der Waals surface area contributed by atoms with Crippen molar-refractivity contribution in [2.45, 2.75) is 51.0 Å². The maximum Gasteiger partial charge on any atom is 0.326 e. The highest BCUT2D eigenvalue weighted by Gasteiger charge is 2.55. The highest BCUT2D eigenvalue weighted by atomic mass is 35.5. The molecule has 4 aliphatic carbocycles. The second kappa shape index (κ2) is 6.72. The van der Waals surface area contributed by atoms with Crippen LogP contribution in [0.2, 0.25) is 10.0 Å². The zero-order chi connectivity index (χ0) is 18.5. The van der Waals surface area contributed by atoms with Crippen LogP contribution in [0.5, 0.6) is 0 Å². The van der Waals surface area contributed by atoms with Crippen LogP contribution < -0.4 is 5.32 Å². The summed E-state index contributed by atoms with van der Waals surface area (Å²) in [5.41, 5.74) is 0.196. The molecule has 2 N–H and O–H groups in total. The molecule has 4 nitrogen and oxygen atoms in total. The molecule has 0 spiro atoms. The Hall–Kier alpha value is -1.26. The maximum atomic E-state index is 13.1. The van der Waals surface area contributed by atoms with Gasteiger partial charge in [-0.2, -0.15) is 0 Å². The van der Waals surface area contributed by atoms with Gasteiger partial charge in [-0.15, -0.1) is 0 Å². The van der Waals surface area contributed by atoms with Crippen LogP contribution in [0.25, 0.3) is 0 Å². The topological polar surface area (TPSA) is 66.4 Å². The number of hydrogen-bond donors (Lipinski definition) is 2. The van der Waals surface area contributed by atoms with Gasteiger partial charge in [0, 0.05) is 21.9 Å². The first-order valence-corrected chi connectivity index (χ1v) is 10.1. The lowest BCUT2D eigenvalue weighted by atomic mass is 9.49. The van der Waals surface area contributed by atoms with Crippen LogP contribution in [0.4, 0.5) is 0 Å². The number of carbonyl (C=O) groups is 2. The molecule has 1 amide bonds. The minimum atomic E-state index is -1.06. The molecule has 1 aromatic rings. The number of hydrogen-bond acceptors (Lipinski definition) is 2. The molecule has 0 aliphatic heterocycles. The Labute approximate surface area is 163 Å². The van der Waals surface area contributed by atoms with Gasteiger partial charge in [-0.3, -0.25) is 4.79 Å². The third-order valence-corrected chi connectivity index (χ3v) is 7.30. The van der Waals surface area contributed by atoms with Gasteiger partial charge in [0.2, 0.25) is 5.91 Å². The second-order valence-electron chi connectivity index (χ2n) is 8.47. The molecule has 26 heavy (non-hydrogen) atoms. The predicted octanol–water partition coefficient (Wildman–Crippen LogP) is 4.32. The van der Waals surface area contributed by atoms with E-state index in [1.54, 1.807) is 18.2 Å². The van der Waals surface area contributed by atoms with E-state index >= 15 is 0 Å². The predicted molar refractivity (Wildman–Crippen MR) is 100 cm³/mol. The lowest BCUT2D eigenvalue weighted by Crippen LogP contribution is -2.56. The summed E-state index contributed by atoms with van der Waals surface area (Å²) < 4.78 is 0. The summed E-state index contributed by atoms with van der Waals surface area (Å²) in [5.74, 6) is 0.751. The van der Waals surface area contributed by atoms with Crippen molar-refractivity contribution >= 4 is 35.1 Å². The first-order valence-electron chi connectivity index (χ1n) is 9.33. The van der Waals surface area contributed by atoms with E-state index in [-0.39, 0.29) is 17.7 Å². The third kappa shape index (κ3) is 3.22. The number of benzene rings is 1. The van der Waals surface area contributed by atoms with Gasteiger partial charge >= 0.3 is 5.97 Å². The van der Waals surface area contributed by atoms with Crippen molar-refractivity contribution in [3.63, 3.8) is 0 Å². The first-order chi connectivity index (χ1) is 12.4. The lowest BCUT2D eigenvalue weighted by Gasteiger charge is -2.55. The summed E-state index contributed by atoms with van der Waals surface area (Å²) in [6.07, 6.45) is 6.53. The Morgan fingerprint density at radius 3 is 2.04 bits per heavy atom. The van der Waals surface area contributed by atoms with Crippen LogP contribution in [-0.4, -0.2) is 23.0 Å². The zero-order valence-electron chi connectivity index (χ0n) is 14.5. The number of nitrogens with one attached hydrogen (secondary N) is 1. The number of aliphatic carboxylic acids is 1. The number of halogens is 2. The Balaban J connectivity index is 1.52. The summed E-state index contributed by atoms with van der Waals surface area (Å²) in [5, 5.41) is 13.3. The molecule has 140 valence electrons. The minimum Gasteiger partial charge on any atom is -0.480 e. The Morgan fingerprint density at radius 2 is 1.58 bits per heavy atom. The largest absolute Gasteiger partial charge is 0.480 e. The van der Waals surface area contributed by atoms with Gasteiger partial charge < -0.3 is 10.4 Å². The van der Waals surface area contributed by atoms with Gasteiger partial charge in [-0.05, 0) is 74.0 Å². The quantitative estimate of drug-likeness (QED) is 0.779. The number of carboxylic acid groups (broad SMARTS) is 1. The van der Waals surface area contributed by atoms with Gasteiger partial charge in [0.25, 0.3) is 0 Å². The van der Waals surface area contributed by atoms with Crippen molar-refractivity contribution in [1.29, 1.82) is 0 Å². The zero-order valence-corrected chi connectivity index (χ0v) is 16.0. The van der Waals surface area contributed by atoms with E-state index in [1.165, 1.54) is 19.3 Å². The molecule has 0 radical (unpaired) electrons. The molecule has 0 heterocycles. The van der Waals surface area contributed by atoms with Crippen molar-refractivity contribution in [1.82, 2.24) is 5.32 Å². The number of carboxylic acids is 1. The fourth-order valence-electron chi connectivity index (χ4n) is 5.83. The van der Waals surface area contributed by atoms with Crippen molar-refractivity contribution in [3.8, 4) is 0 Å². The maximum absolute atomic E-state index is 13.1. The van der Waals surface area contributed by atoms with Crippen molar-refractivity contribution < 1.29 is 14.7 Å². The van der Waals surface area contributed by atoms with Crippen LogP contribution in [0.1, 0.15) is 44.1 Å². The molecular weight excluding hydrogens is 373 g/mol. The Bertz CT molecular complexity index is 693. The van der Waals surface area contributed by atoms with E-state index in [4.69, 9.17) is 23.2 Å². The molecular formula is C20H23Cl2NO3. The average Bonchev–Trinajstić information content (AvgIpc) is 2.55. The minimum absolute atomic E-state index is 0.0892. The van der Waals surface area contributed by atoms with Crippen LogP contribution in [-0.2, 0) is 16.0 Å². The molecule has 0 unspecified atom stereocenters. The third-order valence-electron chi connectivity index (χ3n) is 6.59. The standard InChI is InChI=1S/C20H23Cl2NO3/c21-15-2-1-3-16(22)14(15)7-17(18(24)25)23-19(26)20-8-11-4-12(9-20)6-13(5-11)10-20/h1-3,11-13,17H,4-10H2,(H,23,26)(H,24,25)/t11?,12?,13?,17-,20?/m1/s1. The summed E-state index contributed by atoms with van der Waals surface area (Å²) in [6.45, 7) is 0. The van der Waals surface area contributed by atoms with Crippen molar-refractivity contribution in [3.05, 3.63) is 33.8 Å². The van der Waals surface area contributed by atoms with Gasteiger partial charge in [-0.1, -0.05) is 29.3 Å². The molecule has 4 aliphatic rings. The van der Waals surface area contributed by atoms with Crippen LogP contribution in [0.15, 0.2) is 18.2 Å². The number of carbonyl (C=O) groups excluding carboxylic acids is 1. The molecule has 4 saturated carbocycles. The average molecular weight is 396 g/mol. The van der Waals surface area contributed by atoms with E-state index in [9.17, 15) is 14.7 Å². The molecule has 6 heteroatoms. The van der Waals surface area contributed by atoms with E-state index < -0.39 is 12.0 Å². The van der Waals surface area contributed by atoms with Crippen LogP contribution >= 0.6 is 23.2 Å². The van der Waals surface area contributed by atoms with Gasteiger partial charge in [0.15, 0.2) is 0 Å². The highest BCUT2D eigenvalue weighted by molar-refractivity contribution is 6.36. The fraction of sp³-hybridized carbons (Fsp3) is 0.600. The number of rotatable bonds is 5. The summed E-state index contributed by atoms with van der Waals surface area (Å²) in [6, 6.07) is 4.07. The molecule has 5 rings (SSSR count). The van der Waals surface area contributed by atoms with Crippen molar-refractivity contribution in [2.24, 2.45) is 23.2 Å². The van der Waals surface area contributed by atoms with Crippen molar-refractivity contribution in [2.75, 3.05) is 0 Å². The smallest absolute Gasteiger partial charge is 0.326 e. The first kappa shape index (κ1) is 18.1. The van der Waals surface area contributed by atoms with E-state index in [0.717, 1.165) is 19.3 Å². The van der Waals surface area contributed by atoms with Gasteiger partial charge in [0.05, 0.1) is 0 Å². The Kier molecular flexibility index (Phi) is 4.68. The molecule has 0 saturated heterocycles. The van der Waals surface area contributed by atoms with Crippen LogP contribution in [0.3, 0.4) is 0 Å². The molecule has 0 aromatic heterocycles. The number of amides is 1. The SMILES string of the molecule is O=C(O)[C@@H](Cc1c(Cl)cccc1Cl)NC(=O)C12CC3CC(CC(C3)C1)C2. The molecule has 1 aromatic carbocycles. The molecule has 4 fully saturated rings. The van der Waals surface area contributed by atoms with Gasteiger partial charge in [-0.25, -0.2) is 4.79 Å². The fourth-order valence-corrected chi connectivity index (χ4v) is 6.38. The molecule has 4 bridgehead atoms. The van der Waals surface area contributed by atoms with E-state index in [2.05, 4.69) is 5.32 Å². The lowest BCUT2D eigenvalue weighted by molar-refractivity contribution is -0.151. The monoisotopic (exact) mass is 395 g/mol.